The zero-order chi connectivity index (χ0) is 22.1. The van der Waals surface area contributed by atoms with Gasteiger partial charge in [-0.3, -0.25) is 9.59 Å². The minimum atomic E-state index is -0.423. The zero-order valence-corrected chi connectivity index (χ0v) is 17.7. The summed E-state index contributed by atoms with van der Waals surface area (Å²) < 4.78 is 9.88. The molecule has 1 aliphatic rings. The van der Waals surface area contributed by atoms with Gasteiger partial charge in [0.2, 0.25) is 5.91 Å². The summed E-state index contributed by atoms with van der Waals surface area (Å²) in [5.74, 6) is -0.359. The molecule has 3 rings (SSSR count). The predicted molar refractivity (Wildman–Crippen MR) is 115 cm³/mol. The molecular weight excluding hydrogens is 396 g/mol. The van der Waals surface area contributed by atoms with E-state index in [2.05, 4.69) is 15.4 Å². The van der Waals surface area contributed by atoms with Gasteiger partial charge in [0.15, 0.2) is 0 Å². The number of alkyl carbamates (subject to hydrolysis) is 1. The smallest absolute Gasteiger partial charge is 0.407 e. The number of hydrogen-bond acceptors (Lipinski definition) is 5. The fraction of sp³-hybridized carbons (Fsp3) is 0.375. The Hall–Kier alpha value is -3.35. The van der Waals surface area contributed by atoms with Gasteiger partial charge in [-0.05, 0) is 41.5 Å². The van der Waals surface area contributed by atoms with Crippen LogP contribution in [0.2, 0.25) is 0 Å². The van der Waals surface area contributed by atoms with Gasteiger partial charge >= 0.3 is 12.1 Å². The topological polar surface area (TPSA) is 93.7 Å². The molecule has 0 aromatic heterocycles. The summed E-state index contributed by atoms with van der Waals surface area (Å²) in [5.41, 5.74) is 4.19. The van der Waals surface area contributed by atoms with Crippen molar-refractivity contribution >= 4 is 18.0 Å². The average Bonchev–Trinajstić information content (AvgIpc) is 3.17. The highest BCUT2D eigenvalue weighted by Crippen LogP contribution is 2.24. The standard InChI is InChI=1S/C24H28N2O5/c1-30-23(28)8-5-11-25-22(27)13-18-9-10-19-14-21(15-20(19)12-18)26-24(29)31-16-17-6-3-2-4-7-17/h2-4,6-7,9-10,12,21H,5,8,11,13-16H2,1H3,(H,25,27)(H,26,29). The summed E-state index contributed by atoms with van der Waals surface area (Å²) in [4.78, 5) is 35.3. The second-order valence-electron chi connectivity index (χ2n) is 7.62. The summed E-state index contributed by atoms with van der Waals surface area (Å²) in [7, 11) is 1.35. The summed E-state index contributed by atoms with van der Waals surface area (Å²) in [5, 5.41) is 5.75. The SMILES string of the molecule is COC(=O)CCCNC(=O)Cc1ccc2c(c1)CC(NC(=O)OCc1ccccc1)C2. The number of carbonyl (C=O) groups excluding carboxylic acids is 3. The number of rotatable bonds is 9. The summed E-state index contributed by atoms with van der Waals surface area (Å²) >= 11 is 0. The van der Waals surface area contributed by atoms with Crippen LogP contribution in [-0.4, -0.2) is 37.7 Å². The molecule has 0 radical (unpaired) electrons. The Balaban J connectivity index is 1.41. The van der Waals surface area contributed by atoms with E-state index in [4.69, 9.17) is 4.74 Å². The maximum Gasteiger partial charge on any atom is 0.407 e. The first-order valence-corrected chi connectivity index (χ1v) is 10.4. The van der Waals surface area contributed by atoms with Crippen molar-refractivity contribution < 1.29 is 23.9 Å². The molecule has 0 spiro atoms. The molecule has 164 valence electrons. The lowest BCUT2D eigenvalue weighted by molar-refractivity contribution is -0.140. The molecular formula is C24H28N2O5. The highest BCUT2D eigenvalue weighted by atomic mass is 16.5. The minimum Gasteiger partial charge on any atom is -0.469 e. The van der Waals surface area contributed by atoms with E-state index in [0.29, 0.717) is 19.4 Å². The third-order valence-electron chi connectivity index (χ3n) is 5.21. The molecule has 0 fully saturated rings. The van der Waals surface area contributed by atoms with E-state index in [0.717, 1.165) is 23.1 Å². The van der Waals surface area contributed by atoms with Crippen LogP contribution >= 0.6 is 0 Å². The van der Waals surface area contributed by atoms with Gasteiger partial charge in [0.25, 0.3) is 0 Å². The van der Waals surface area contributed by atoms with Crippen LogP contribution in [0.25, 0.3) is 0 Å². The third-order valence-corrected chi connectivity index (χ3v) is 5.21. The van der Waals surface area contributed by atoms with Gasteiger partial charge in [-0.15, -0.1) is 0 Å². The molecule has 0 saturated carbocycles. The van der Waals surface area contributed by atoms with Crippen molar-refractivity contribution in [3.8, 4) is 0 Å². The number of ether oxygens (including phenoxy) is 2. The molecule has 1 aliphatic carbocycles. The number of nitrogens with one attached hydrogen (secondary N) is 2. The molecule has 2 aromatic rings. The van der Waals surface area contributed by atoms with E-state index >= 15 is 0 Å². The first-order valence-electron chi connectivity index (χ1n) is 10.4. The summed E-state index contributed by atoms with van der Waals surface area (Å²) in [6.45, 7) is 0.682. The van der Waals surface area contributed by atoms with Crippen LogP contribution in [0.15, 0.2) is 48.5 Å². The quantitative estimate of drug-likeness (QED) is 0.477. The van der Waals surface area contributed by atoms with Crippen molar-refractivity contribution in [2.75, 3.05) is 13.7 Å². The molecule has 0 aliphatic heterocycles. The van der Waals surface area contributed by atoms with Gasteiger partial charge in [-0.25, -0.2) is 4.79 Å². The lowest BCUT2D eigenvalue weighted by Crippen LogP contribution is -2.35. The van der Waals surface area contributed by atoms with Crippen LogP contribution < -0.4 is 10.6 Å². The van der Waals surface area contributed by atoms with Crippen LogP contribution in [0, 0.1) is 0 Å². The van der Waals surface area contributed by atoms with Gasteiger partial charge < -0.3 is 20.1 Å². The number of benzene rings is 2. The molecule has 0 heterocycles. The van der Waals surface area contributed by atoms with E-state index in [1.54, 1.807) is 0 Å². The fourth-order valence-corrected chi connectivity index (χ4v) is 3.63. The maximum atomic E-state index is 12.1. The highest BCUT2D eigenvalue weighted by molar-refractivity contribution is 5.78. The normalized spacial score (nSPS) is 14.4. The Morgan fingerprint density at radius 1 is 1.00 bits per heavy atom. The molecule has 7 nitrogen and oxygen atoms in total. The van der Waals surface area contributed by atoms with Crippen molar-refractivity contribution in [2.24, 2.45) is 0 Å². The van der Waals surface area contributed by atoms with E-state index in [1.807, 2.05) is 48.5 Å². The van der Waals surface area contributed by atoms with Crippen molar-refractivity contribution in [3.63, 3.8) is 0 Å². The molecule has 2 N–H and O–H groups in total. The number of amides is 2. The van der Waals surface area contributed by atoms with Crippen LogP contribution in [-0.2, 0) is 44.9 Å². The molecule has 0 saturated heterocycles. The van der Waals surface area contributed by atoms with Crippen molar-refractivity contribution in [1.82, 2.24) is 10.6 Å². The molecule has 7 heteroatoms. The van der Waals surface area contributed by atoms with Crippen molar-refractivity contribution in [1.29, 1.82) is 0 Å². The Morgan fingerprint density at radius 3 is 2.55 bits per heavy atom. The number of fused-ring (bicyclic) bond motifs is 1. The van der Waals surface area contributed by atoms with Gasteiger partial charge in [0.1, 0.15) is 6.61 Å². The number of methoxy groups -OCH3 is 1. The number of hydrogen-bond donors (Lipinski definition) is 2. The number of esters is 1. The van der Waals surface area contributed by atoms with E-state index in [-0.39, 0.29) is 37.4 Å². The van der Waals surface area contributed by atoms with Gasteiger partial charge in [-0.2, -0.15) is 0 Å². The summed E-state index contributed by atoms with van der Waals surface area (Å²) in [6, 6.07) is 15.5. The number of carbonyl (C=O) groups is 3. The van der Waals surface area contributed by atoms with Crippen LogP contribution in [0.4, 0.5) is 4.79 Å². The van der Waals surface area contributed by atoms with E-state index in [9.17, 15) is 14.4 Å². The molecule has 2 aromatic carbocycles. The summed E-state index contributed by atoms with van der Waals surface area (Å²) in [6.07, 6.45) is 2.16. The second-order valence-corrected chi connectivity index (χ2v) is 7.62. The third kappa shape index (κ3) is 7.13. The van der Waals surface area contributed by atoms with E-state index in [1.165, 1.54) is 12.7 Å². The molecule has 31 heavy (non-hydrogen) atoms. The Morgan fingerprint density at radius 2 is 1.77 bits per heavy atom. The van der Waals surface area contributed by atoms with Crippen LogP contribution in [0.3, 0.4) is 0 Å². The molecule has 0 bridgehead atoms. The minimum absolute atomic E-state index is 0.0133. The van der Waals surface area contributed by atoms with E-state index < -0.39 is 6.09 Å². The maximum absolute atomic E-state index is 12.1. The first-order chi connectivity index (χ1) is 15.0. The van der Waals surface area contributed by atoms with Crippen molar-refractivity contribution in [3.05, 3.63) is 70.8 Å². The Kier molecular flexibility index (Phi) is 8.04. The van der Waals surface area contributed by atoms with Gasteiger partial charge in [0, 0.05) is 19.0 Å². The van der Waals surface area contributed by atoms with Crippen LogP contribution in [0.5, 0.6) is 0 Å². The average molecular weight is 424 g/mol. The molecule has 1 unspecified atom stereocenters. The highest BCUT2D eigenvalue weighted by Gasteiger charge is 2.24. The van der Waals surface area contributed by atoms with Gasteiger partial charge in [0.05, 0.1) is 13.5 Å². The lowest BCUT2D eigenvalue weighted by Gasteiger charge is -2.12. The van der Waals surface area contributed by atoms with Crippen molar-refractivity contribution in [2.45, 2.75) is 44.8 Å². The second kappa shape index (κ2) is 11.2. The fourth-order valence-electron chi connectivity index (χ4n) is 3.63. The lowest BCUT2D eigenvalue weighted by atomic mass is 10.0. The molecule has 1 atom stereocenters. The predicted octanol–water partition coefficient (Wildman–Crippen LogP) is 2.69. The van der Waals surface area contributed by atoms with Crippen LogP contribution in [0.1, 0.15) is 35.1 Å². The van der Waals surface area contributed by atoms with Gasteiger partial charge in [-0.1, -0.05) is 48.5 Å². The largest absolute Gasteiger partial charge is 0.469 e. The monoisotopic (exact) mass is 424 g/mol. The zero-order valence-electron chi connectivity index (χ0n) is 17.7. The Labute approximate surface area is 182 Å². The first kappa shape index (κ1) is 22.3. The Bertz CT molecular complexity index is 913. The molecule has 2 amide bonds.